The fraction of sp³-hybridized carbons (Fsp3) is 0.789. The van der Waals surface area contributed by atoms with Crippen LogP contribution in [-0.2, 0) is 9.59 Å². The summed E-state index contributed by atoms with van der Waals surface area (Å²) < 4.78 is 0. The summed E-state index contributed by atoms with van der Waals surface area (Å²) in [6, 6.07) is 0. The zero-order valence-electron chi connectivity index (χ0n) is 13.5. The Labute approximate surface area is 137 Å². The third-order valence-electron chi connectivity index (χ3n) is 7.59. The second-order valence-corrected chi connectivity index (χ2v) is 9.10. The van der Waals surface area contributed by atoms with Crippen molar-refractivity contribution in [2.75, 3.05) is 0 Å². The van der Waals surface area contributed by atoms with Crippen LogP contribution in [-0.4, -0.2) is 16.9 Å². The zero-order valence-corrected chi connectivity index (χ0v) is 14.3. The second-order valence-electron chi connectivity index (χ2n) is 8.49. The number of rotatable bonds is 0. The van der Waals surface area contributed by atoms with Gasteiger partial charge in [-0.2, -0.15) is 0 Å². The average molecular weight is 321 g/mol. The summed E-state index contributed by atoms with van der Waals surface area (Å²) in [4.78, 5) is 25.3. The maximum atomic E-state index is 12.9. The first-order chi connectivity index (χ1) is 10.4. The Morgan fingerprint density at radius 2 is 1.73 bits per heavy atom. The van der Waals surface area contributed by atoms with E-state index in [2.05, 4.69) is 13.8 Å². The van der Waals surface area contributed by atoms with Gasteiger partial charge >= 0.3 is 0 Å². The zero-order chi connectivity index (χ0) is 15.7. The Morgan fingerprint density at radius 3 is 2.50 bits per heavy atom. The lowest BCUT2D eigenvalue weighted by molar-refractivity contribution is -0.139. The molecule has 1 unspecified atom stereocenters. The molecule has 0 aromatic carbocycles. The molecule has 3 heteroatoms. The van der Waals surface area contributed by atoms with Crippen molar-refractivity contribution in [3.63, 3.8) is 0 Å². The lowest BCUT2D eigenvalue weighted by Gasteiger charge is -2.55. The van der Waals surface area contributed by atoms with Crippen LogP contribution in [0.15, 0.2) is 11.6 Å². The summed E-state index contributed by atoms with van der Waals surface area (Å²) in [5, 5.41) is 0.186. The summed E-state index contributed by atoms with van der Waals surface area (Å²) in [5.74, 6) is 1.45. The number of hydrogen-bond donors (Lipinski definition) is 0. The molecular weight excluding hydrogens is 296 g/mol. The van der Waals surface area contributed by atoms with Gasteiger partial charge < -0.3 is 0 Å². The van der Waals surface area contributed by atoms with Crippen molar-refractivity contribution in [1.82, 2.24) is 0 Å². The minimum Gasteiger partial charge on any atom is -0.299 e. The van der Waals surface area contributed by atoms with Crippen LogP contribution in [0.5, 0.6) is 0 Å². The van der Waals surface area contributed by atoms with Gasteiger partial charge in [0, 0.05) is 23.1 Å². The van der Waals surface area contributed by atoms with E-state index in [4.69, 9.17) is 11.6 Å². The molecule has 0 saturated heterocycles. The number of allylic oxidation sites excluding steroid dienone is 2. The average Bonchev–Trinajstić information content (AvgIpc) is 2.77. The van der Waals surface area contributed by atoms with E-state index in [1.807, 2.05) is 6.08 Å². The van der Waals surface area contributed by atoms with Crippen LogP contribution < -0.4 is 0 Å². The molecule has 120 valence electrons. The Bertz CT molecular complexity index is 580. The van der Waals surface area contributed by atoms with E-state index in [0.29, 0.717) is 18.1 Å². The summed E-state index contributed by atoms with van der Waals surface area (Å²) in [7, 11) is 0. The Kier molecular flexibility index (Phi) is 3.18. The van der Waals surface area contributed by atoms with E-state index in [1.54, 1.807) is 0 Å². The highest BCUT2D eigenvalue weighted by molar-refractivity contribution is 6.20. The standard InChI is InChI=1S/C19H25ClO2/c1-18-7-5-12(20)9-11(18)10-15(21)17-13-3-4-16(22)19(13,2)8-6-14(17)18/h10,12-14,17H,3-9H2,1-2H3/t12?,13-,14+,17-,18-,19-/m0/s1. The molecule has 0 amide bonds. The summed E-state index contributed by atoms with van der Waals surface area (Å²) in [6.45, 7) is 4.47. The van der Waals surface area contributed by atoms with Crippen molar-refractivity contribution < 1.29 is 9.59 Å². The fourth-order valence-corrected chi connectivity index (χ4v) is 6.41. The lowest BCUT2D eigenvalue weighted by atomic mass is 9.48. The Balaban J connectivity index is 1.76. The highest BCUT2D eigenvalue weighted by atomic mass is 35.5. The summed E-state index contributed by atoms with van der Waals surface area (Å²) in [5.41, 5.74) is 1.19. The van der Waals surface area contributed by atoms with Crippen molar-refractivity contribution in [3.05, 3.63) is 11.6 Å². The number of halogens is 1. The largest absolute Gasteiger partial charge is 0.299 e. The minimum atomic E-state index is -0.234. The van der Waals surface area contributed by atoms with Crippen LogP contribution in [0.25, 0.3) is 0 Å². The van der Waals surface area contributed by atoms with Crippen molar-refractivity contribution in [2.45, 2.75) is 64.2 Å². The number of alkyl halides is 1. The van der Waals surface area contributed by atoms with E-state index in [1.165, 1.54) is 5.57 Å². The van der Waals surface area contributed by atoms with Gasteiger partial charge in [0.2, 0.25) is 0 Å². The highest BCUT2D eigenvalue weighted by Gasteiger charge is 2.60. The predicted molar refractivity (Wildman–Crippen MR) is 86.7 cm³/mol. The smallest absolute Gasteiger partial charge is 0.159 e. The topological polar surface area (TPSA) is 34.1 Å². The molecule has 0 N–H and O–H groups in total. The van der Waals surface area contributed by atoms with Gasteiger partial charge in [0.25, 0.3) is 0 Å². The number of carbonyl (C=O) groups excluding carboxylic acids is 2. The van der Waals surface area contributed by atoms with Gasteiger partial charge in [0.05, 0.1) is 0 Å². The fourth-order valence-electron chi connectivity index (χ4n) is 6.13. The van der Waals surface area contributed by atoms with Gasteiger partial charge in [-0.15, -0.1) is 11.6 Å². The van der Waals surface area contributed by atoms with Crippen molar-refractivity contribution in [3.8, 4) is 0 Å². The summed E-state index contributed by atoms with van der Waals surface area (Å²) in [6.07, 6.45) is 8.52. The number of Topliss-reactive ketones (excluding diaryl/α,β-unsaturated/α-hetero) is 1. The molecule has 3 fully saturated rings. The molecule has 0 radical (unpaired) electrons. The van der Waals surface area contributed by atoms with Crippen molar-refractivity contribution >= 4 is 23.2 Å². The molecule has 0 bridgehead atoms. The molecule has 3 saturated carbocycles. The molecule has 2 nitrogen and oxygen atoms in total. The van der Waals surface area contributed by atoms with Crippen molar-refractivity contribution in [1.29, 1.82) is 0 Å². The molecule has 22 heavy (non-hydrogen) atoms. The first-order valence-corrected chi connectivity index (χ1v) is 9.22. The molecule has 0 spiro atoms. The number of hydrogen-bond acceptors (Lipinski definition) is 2. The highest BCUT2D eigenvalue weighted by Crippen LogP contribution is 2.63. The molecule has 4 aliphatic rings. The van der Waals surface area contributed by atoms with Gasteiger partial charge in [-0.05, 0) is 61.9 Å². The molecule has 0 aromatic heterocycles. The number of carbonyl (C=O) groups is 2. The number of ketones is 2. The van der Waals surface area contributed by atoms with E-state index >= 15 is 0 Å². The molecule has 0 aromatic rings. The van der Waals surface area contributed by atoms with E-state index < -0.39 is 0 Å². The normalized spacial score (nSPS) is 51.0. The van der Waals surface area contributed by atoms with Gasteiger partial charge in [0.15, 0.2) is 5.78 Å². The minimum absolute atomic E-state index is 0.0748. The van der Waals surface area contributed by atoms with Crippen LogP contribution >= 0.6 is 11.6 Å². The maximum Gasteiger partial charge on any atom is 0.159 e. The number of fused-ring (bicyclic) bond motifs is 5. The molecule has 0 heterocycles. The SMILES string of the molecule is C[C@]12CCC(Cl)CC1=CC(=O)[C@@H]1[C@H]2CC[C@]2(C)C(=O)CC[C@@H]12. The third-order valence-corrected chi connectivity index (χ3v) is 7.97. The third kappa shape index (κ3) is 1.79. The first kappa shape index (κ1) is 14.9. The van der Waals surface area contributed by atoms with Crippen molar-refractivity contribution in [2.24, 2.45) is 28.6 Å². The first-order valence-electron chi connectivity index (χ1n) is 8.78. The quantitative estimate of drug-likeness (QED) is 0.623. The maximum absolute atomic E-state index is 12.9. The Morgan fingerprint density at radius 1 is 1.05 bits per heavy atom. The van der Waals surface area contributed by atoms with Gasteiger partial charge in [-0.3, -0.25) is 9.59 Å². The van der Waals surface area contributed by atoms with Crippen LogP contribution in [0.4, 0.5) is 0 Å². The van der Waals surface area contributed by atoms with E-state index in [-0.39, 0.29) is 33.8 Å². The molecule has 0 aliphatic heterocycles. The van der Waals surface area contributed by atoms with Crippen LogP contribution in [0, 0.1) is 28.6 Å². The van der Waals surface area contributed by atoms with Gasteiger partial charge in [-0.1, -0.05) is 19.4 Å². The van der Waals surface area contributed by atoms with Crippen LogP contribution in [0.1, 0.15) is 58.8 Å². The van der Waals surface area contributed by atoms with Gasteiger partial charge in [-0.25, -0.2) is 0 Å². The Hall–Kier alpha value is -0.630. The van der Waals surface area contributed by atoms with Gasteiger partial charge in [0.1, 0.15) is 5.78 Å². The van der Waals surface area contributed by atoms with Crippen LogP contribution in [0.3, 0.4) is 0 Å². The molecule has 4 aliphatic carbocycles. The molecular formula is C19H25ClO2. The lowest BCUT2D eigenvalue weighted by Crippen LogP contribution is -2.53. The second kappa shape index (κ2) is 4.69. The van der Waals surface area contributed by atoms with E-state index in [0.717, 1.165) is 38.5 Å². The van der Waals surface area contributed by atoms with Crippen LogP contribution in [0.2, 0.25) is 0 Å². The molecule has 4 rings (SSSR count). The monoisotopic (exact) mass is 320 g/mol. The molecule has 6 atom stereocenters. The summed E-state index contributed by atoms with van der Waals surface area (Å²) >= 11 is 6.35. The predicted octanol–water partition coefficient (Wildman–Crippen LogP) is 4.30. The van der Waals surface area contributed by atoms with E-state index in [9.17, 15) is 9.59 Å².